The Kier molecular flexibility index (Phi) is 8.31. The number of amides is 1. The fraction of sp³-hybridized carbons (Fsp3) is 0.167. The van der Waals surface area contributed by atoms with Crippen molar-refractivity contribution in [1.82, 2.24) is 4.72 Å². The molecular formula is C30H28ClNO4S. The second-order valence-electron chi connectivity index (χ2n) is 8.68. The summed E-state index contributed by atoms with van der Waals surface area (Å²) in [4.78, 5) is 13.2. The van der Waals surface area contributed by atoms with Gasteiger partial charge >= 0.3 is 0 Å². The molecule has 0 aliphatic rings. The standard InChI is InChI=1S/C30H28ClNO4S/c1-3-36-29-18-9-21(2)19-28(29)24-12-17-27(23(20-24)11-10-22-7-5-4-6-8-22)30(33)32-37(34,35)26-15-13-25(31)14-16-26/h4-9,12-20H,3,10-11H2,1-2H3,(H,32,33). The van der Waals surface area contributed by atoms with Crippen molar-refractivity contribution in [1.29, 1.82) is 0 Å². The van der Waals surface area contributed by atoms with Crippen molar-refractivity contribution in [2.45, 2.75) is 31.6 Å². The Balaban J connectivity index is 1.71. The summed E-state index contributed by atoms with van der Waals surface area (Å²) in [6, 6.07) is 27.1. The maximum absolute atomic E-state index is 13.3. The van der Waals surface area contributed by atoms with Gasteiger partial charge in [-0.1, -0.05) is 65.7 Å². The molecule has 5 nitrogen and oxygen atoms in total. The minimum Gasteiger partial charge on any atom is -0.493 e. The van der Waals surface area contributed by atoms with Crippen LogP contribution in [0.1, 0.15) is 34.0 Å². The van der Waals surface area contributed by atoms with Gasteiger partial charge < -0.3 is 4.74 Å². The van der Waals surface area contributed by atoms with Crippen molar-refractivity contribution in [3.05, 3.63) is 118 Å². The van der Waals surface area contributed by atoms with Crippen LogP contribution in [0.5, 0.6) is 5.75 Å². The van der Waals surface area contributed by atoms with Crippen LogP contribution >= 0.6 is 11.6 Å². The lowest BCUT2D eigenvalue weighted by Crippen LogP contribution is -2.31. The van der Waals surface area contributed by atoms with Gasteiger partial charge in [-0.3, -0.25) is 4.79 Å². The Morgan fingerprint density at radius 1 is 0.892 bits per heavy atom. The average molecular weight is 534 g/mol. The fourth-order valence-corrected chi connectivity index (χ4v) is 5.21. The molecule has 0 unspecified atom stereocenters. The summed E-state index contributed by atoms with van der Waals surface area (Å²) in [6.07, 6.45) is 1.25. The molecule has 0 heterocycles. The third-order valence-electron chi connectivity index (χ3n) is 5.97. The molecule has 0 saturated heterocycles. The highest BCUT2D eigenvalue weighted by Gasteiger charge is 2.21. The highest BCUT2D eigenvalue weighted by Crippen LogP contribution is 2.33. The molecule has 0 bridgehead atoms. The molecule has 0 aliphatic heterocycles. The summed E-state index contributed by atoms with van der Waals surface area (Å²) < 4.78 is 33.8. The van der Waals surface area contributed by atoms with Gasteiger partial charge in [0.1, 0.15) is 5.75 Å². The smallest absolute Gasteiger partial charge is 0.265 e. The maximum Gasteiger partial charge on any atom is 0.265 e. The highest BCUT2D eigenvalue weighted by molar-refractivity contribution is 7.90. The Labute approximate surface area is 223 Å². The van der Waals surface area contributed by atoms with Crippen molar-refractivity contribution >= 4 is 27.5 Å². The number of benzene rings is 4. The zero-order valence-corrected chi connectivity index (χ0v) is 22.3. The number of carbonyl (C=O) groups is 1. The molecule has 4 aromatic carbocycles. The minimum atomic E-state index is -4.07. The SMILES string of the molecule is CCOc1ccc(C)cc1-c1ccc(C(=O)NS(=O)(=O)c2ccc(Cl)cc2)c(CCc2ccccc2)c1. The summed E-state index contributed by atoms with van der Waals surface area (Å²) in [6.45, 7) is 4.47. The lowest BCUT2D eigenvalue weighted by Gasteiger charge is -2.15. The van der Waals surface area contributed by atoms with Crippen molar-refractivity contribution in [2.75, 3.05) is 6.61 Å². The summed E-state index contributed by atoms with van der Waals surface area (Å²) >= 11 is 5.88. The van der Waals surface area contributed by atoms with E-state index in [9.17, 15) is 13.2 Å². The van der Waals surface area contributed by atoms with E-state index in [1.165, 1.54) is 24.3 Å². The monoisotopic (exact) mass is 533 g/mol. The number of aryl methyl sites for hydroxylation is 3. The number of hydrogen-bond donors (Lipinski definition) is 1. The summed E-state index contributed by atoms with van der Waals surface area (Å²) in [7, 11) is -4.07. The molecule has 0 fully saturated rings. The van der Waals surface area contributed by atoms with Gasteiger partial charge in [0.05, 0.1) is 11.5 Å². The van der Waals surface area contributed by atoms with Crippen LogP contribution in [0.2, 0.25) is 5.02 Å². The topological polar surface area (TPSA) is 72.5 Å². The Hall–Kier alpha value is -3.61. The Morgan fingerprint density at radius 3 is 2.32 bits per heavy atom. The Bertz CT molecular complexity index is 1500. The second-order valence-corrected chi connectivity index (χ2v) is 10.8. The highest BCUT2D eigenvalue weighted by atomic mass is 35.5. The van der Waals surface area contributed by atoms with Crippen LogP contribution in [0.4, 0.5) is 0 Å². The van der Waals surface area contributed by atoms with E-state index >= 15 is 0 Å². The first-order valence-corrected chi connectivity index (χ1v) is 13.9. The molecule has 1 amide bonds. The summed E-state index contributed by atoms with van der Waals surface area (Å²) in [5, 5.41) is 0.409. The molecule has 0 atom stereocenters. The number of sulfonamides is 1. The normalized spacial score (nSPS) is 11.2. The van der Waals surface area contributed by atoms with Crippen LogP contribution in [0.25, 0.3) is 11.1 Å². The number of rotatable bonds is 9. The third-order valence-corrected chi connectivity index (χ3v) is 7.57. The largest absolute Gasteiger partial charge is 0.493 e. The van der Waals surface area contributed by atoms with Crippen LogP contribution in [0.3, 0.4) is 0 Å². The first-order chi connectivity index (χ1) is 17.8. The third kappa shape index (κ3) is 6.59. The first kappa shape index (κ1) is 26.5. The lowest BCUT2D eigenvalue weighted by molar-refractivity contribution is 0.0980. The molecule has 0 spiro atoms. The van der Waals surface area contributed by atoms with E-state index in [0.717, 1.165) is 33.6 Å². The van der Waals surface area contributed by atoms with Crippen molar-refractivity contribution in [2.24, 2.45) is 0 Å². The molecular weight excluding hydrogens is 506 g/mol. The zero-order valence-electron chi connectivity index (χ0n) is 20.7. The van der Waals surface area contributed by atoms with E-state index in [0.29, 0.717) is 30.0 Å². The average Bonchev–Trinajstić information content (AvgIpc) is 2.89. The Morgan fingerprint density at radius 2 is 1.62 bits per heavy atom. The predicted octanol–water partition coefficient (Wildman–Crippen LogP) is 6.62. The fourth-order valence-electron chi connectivity index (χ4n) is 4.11. The van der Waals surface area contributed by atoms with Gasteiger partial charge in [0.2, 0.25) is 0 Å². The molecule has 0 aromatic heterocycles. The minimum absolute atomic E-state index is 0.0335. The van der Waals surface area contributed by atoms with Gasteiger partial charge in [-0.25, -0.2) is 13.1 Å². The second kappa shape index (κ2) is 11.6. The molecule has 0 radical (unpaired) electrons. The first-order valence-electron chi connectivity index (χ1n) is 12.0. The van der Waals surface area contributed by atoms with E-state index in [2.05, 4.69) is 4.72 Å². The van der Waals surface area contributed by atoms with Gasteiger partial charge in [0.25, 0.3) is 15.9 Å². The predicted molar refractivity (Wildman–Crippen MR) is 148 cm³/mol. The molecule has 37 heavy (non-hydrogen) atoms. The molecule has 0 saturated carbocycles. The molecule has 190 valence electrons. The molecule has 0 aliphatic carbocycles. The maximum atomic E-state index is 13.3. The quantitative estimate of drug-likeness (QED) is 0.262. The number of ether oxygens (including phenoxy) is 1. The number of hydrogen-bond acceptors (Lipinski definition) is 4. The number of halogens is 1. The van der Waals surface area contributed by atoms with Crippen molar-refractivity contribution < 1.29 is 17.9 Å². The van der Waals surface area contributed by atoms with E-state index in [4.69, 9.17) is 16.3 Å². The van der Waals surface area contributed by atoms with Crippen LogP contribution in [0, 0.1) is 6.92 Å². The van der Waals surface area contributed by atoms with E-state index in [-0.39, 0.29) is 4.90 Å². The lowest BCUT2D eigenvalue weighted by atomic mass is 9.94. The molecule has 1 N–H and O–H groups in total. The van der Waals surface area contributed by atoms with Gasteiger partial charge in [-0.05, 0) is 85.8 Å². The van der Waals surface area contributed by atoms with Crippen LogP contribution in [0.15, 0.2) is 95.9 Å². The van der Waals surface area contributed by atoms with Gasteiger partial charge in [0, 0.05) is 16.1 Å². The molecule has 7 heteroatoms. The van der Waals surface area contributed by atoms with E-state index in [1.807, 2.05) is 74.5 Å². The molecule has 4 rings (SSSR count). The number of carbonyl (C=O) groups excluding carboxylic acids is 1. The van der Waals surface area contributed by atoms with Crippen molar-refractivity contribution in [3.63, 3.8) is 0 Å². The van der Waals surface area contributed by atoms with E-state index in [1.54, 1.807) is 6.07 Å². The molecule has 4 aromatic rings. The van der Waals surface area contributed by atoms with E-state index < -0.39 is 15.9 Å². The van der Waals surface area contributed by atoms with Crippen molar-refractivity contribution in [3.8, 4) is 16.9 Å². The van der Waals surface area contributed by atoms with Gasteiger partial charge in [0.15, 0.2) is 0 Å². The van der Waals surface area contributed by atoms with Crippen LogP contribution in [-0.2, 0) is 22.9 Å². The van der Waals surface area contributed by atoms with Gasteiger partial charge in [-0.2, -0.15) is 0 Å². The summed E-state index contributed by atoms with van der Waals surface area (Å²) in [5.74, 6) is 0.0727. The van der Waals surface area contributed by atoms with Crippen LogP contribution < -0.4 is 9.46 Å². The van der Waals surface area contributed by atoms with Gasteiger partial charge in [-0.15, -0.1) is 0 Å². The number of nitrogens with one attached hydrogen (secondary N) is 1. The van der Waals surface area contributed by atoms with Crippen LogP contribution in [-0.4, -0.2) is 20.9 Å². The zero-order chi connectivity index (χ0) is 26.4. The summed E-state index contributed by atoms with van der Waals surface area (Å²) in [5.41, 5.74) is 5.08.